The van der Waals surface area contributed by atoms with Crippen molar-refractivity contribution in [2.45, 2.75) is 20.0 Å². The van der Waals surface area contributed by atoms with E-state index < -0.39 is 0 Å². The van der Waals surface area contributed by atoms with Gasteiger partial charge in [-0.05, 0) is 0 Å². The van der Waals surface area contributed by atoms with Crippen molar-refractivity contribution in [3.63, 3.8) is 0 Å². The van der Waals surface area contributed by atoms with E-state index in [1.165, 1.54) is 0 Å². The van der Waals surface area contributed by atoms with Crippen LogP contribution in [0.4, 0.5) is 0 Å². The Morgan fingerprint density at radius 1 is 1.50 bits per heavy atom. The minimum Gasteiger partial charge on any atom is 0 e. The first-order valence-electron chi connectivity index (χ1n) is 1.53. The van der Waals surface area contributed by atoms with Gasteiger partial charge in [0.05, 0.1) is 0 Å². The van der Waals surface area contributed by atoms with Gasteiger partial charge < -0.3 is 0 Å². The summed E-state index contributed by atoms with van der Waals surface area (Å²) in [6, 6.07) is 0. The SMILES string of the molecule is CC(C)[O][Tb].[Tb]. The Kier molecular flexibility index (Phi) is 14.2. The van der Waals surface area contributed by atoms with Crippen molar-refractivity contribution < 1.29 is 77.1 Å². The Hall–Kier alpha value is 2.53. The molecule has 0 saturated carbocycles. The van der Waals surface area contributed by atoms with E-state index in [4.69, 9.17) is 1.34 Å². The zero-order valence-electron chi connectivity index (χ0n) is 3.65. The van der Waals surface area contributed by atoms with E-state index in [9.17, 15) is 0 Å². The zero-order valence-corrected chi connectivity index (χ0v) is 7.93. The molecule has 0 aromatic rings. The second-order valence-electron chi connectivity index (χ2n) is 1.13. The molecular weight excluding hydrogens is 370 g/mol. The van der Waals surface area contributed by atoms with Crippen molar-refractivity contribution in [3.05, 3.63) is 0 Å². The van der Waals surface area contributed by atoms with Crippen LogP contribution in [0.25, 0.3) is 0 Å². The molecule has 0 saturated heterocycles. The first kappa shape index (κ1) is 11.3. The van der Waals surface area contributed by atoms with E-state index >= 15 is 0 Å². The molecule has 0 spiro atoms. The van der Waals surface area contributed by atoms with Crippen LogP contribution >= 0.6 is 0 Å². The predicted octanol–water partition coefficient (Wildman–Crippen LogP) is 0.876. The van der Waals surface area contributed by atoms with Crippen LogP contribution < -0.4 is 0 Å². The van der Waals surface area contributed by atoms with Gasteiger partial charge in [-0.2, -0.15) is 0 Å². The summed E-state index contributed by atoms with van der Waals surface area (Å²) in [5, 5.41) is 0. The molecule has 1 radical (unpaired) electrons. The monoisotopic (exact) mass is 377 g/mol. The van der Waals surface area contributed by atoms with Gasteiger partial charge in [0.1, 0.15) is 0 Å². The van der Waals surface area contributed by atoms with E-state index in [1.54, 1.807) is 37.2 Å². The molecule has 0 aliphatic carbocycles. The van der Waals surface area contributed by atoms with E-state index in [2.05, 4.69) is 0 Å². The van der Waals surface area contributed by atoms with E-state index in [1.807, 2.05) is 13.8 Å². The largest absolute Gasteiger partial charge is 0 e. The Morgan fingerprint density at radius 3 is 1.67 bits per heavy atom. The maximum absolute atomic E-state index is 4.75. The van der Waals surface area contributed by atoms with Crippen molar-refractivity contribution in [2.75, 3.05) is 0 Å². The van der Waals surface area contributed by atoms with Crippen LogP contribution in [0.5, 0.6) is 0 Å². The standard InChI is InChI=1S/C3H7O.2Tb/c1-3(2)4;;/h3H,1-2H3;;/q-1;;+1. The van der Waals surface area contributed by atoms with Crippen molar-refractivity contribution in [2.24, 2.45) is 0 Å². The van der Waals surface area contributed by atoms with Gasteiger partial charge >= 0.3 is 58.5 Å². The average molecular weight is 377 g/mol. The first-order chi connectivity index (χ1) is 2.27. The molecule has 6 heavy (non-hydrogen) atoms. The first-order valence-corrected chi connectivity index (χ1v) is 2.40. The summed E-state index contributed by atoms with van der Waals surface area (Å²) >= 11 is 1.70. The molecule has 0 aromatic carbocycles. The molecule has 0 fully saturated rings. The molecule has 0 heterocycles. The van der Waals surface area contributed by atoms with Gasteiger partial charge in [-0.3, -0.25) is 0 Å². The van der Waals surface area contributed by atoms with Crippen molar-refractivity contribution >= 4 is 0 Å². The average Bonchev–Trinajstić information content (AvgIpc) is 1.38. The van der Waals surface area contributed by atoms with Gasteiger partial charge in [-0.25, -0.2) is 0 Å². The molecule has 0 amide bonds. The minimum atomic E-state index is 0. The molecule has 3 heteroatoms. The molecular formula is C3H7OTb2. The summed E-state index contributed by atoms with van der Waals surface area (Å²) < 4.78 is 4.75. The molecule has 0 aliphatic heterocycles. The van der Waals surface area contributed by atoms with Crippen LogP contribution in [0, 0.1) is 75.8 Å². The summed E-state index contributed by atoms with van der Waals surface area (Å²) in [5.41, 5.74) is 0. The summed E-state index contributed by atoms with van der Waals surface area (Å²) in [5.74, 6) is 0. The quantitative estimate of drug-likeness (QED) is 0.660. The minimum absolute atomic E-state index is 0. The van der Waals surface area contributed by atoms with Crippen LogP contribution in [0.3, 0.4) is 0 Å². The van der Waals surface area contributed by atoms with Crippen LogP contribution in [0.15, 0.2) is 0 Å². The van der Waals surface area contributed by atoms with E-state index in [0.717, 1.165) is 0 Å². The smallest absolute Gasteiger partial charge is 0 e. The van der Waals surface area contributed by atoms with Crippen LogP contribution in [-0.2, 0) is 1.34 Å². The van der Waals surface area contributed by atoms with Crippen LogP contribution in [0.1, 0.15) is 13.8 Å². The predicted molar refractivity (Wildman–Crippen MR) is 16.2 cm³/mol. The van der Waals surface area contributed by atoms with Gasteiger partial charge in [0.25, 0.3) is 0 Å². The fraction of sp³-hybridized carbons (Fsp3) is 1.00. The Bertz CT molecular complexity index is 22.8. The molecule has 0 unspecified atom stereocenters. The zero-order chi connectivity index (χ0) is 4.28. The van der Waals surface area contributed by atoms with E-state index in [0.29, 0.717) is 6.10 Å². The van der Waals surface area contributed by atoms with Crippen molar-refractivity contribution in [1.82, 2.24) is 0 Å². The van der Waals surface area contributed by atoms with E-state index in [-0.39, 0.29) is 38.6 Å². The molecule has 1 nitrogen and oxygen atoms in total. The fourth-order valence-corrected chi connectivity index (χ4v) is 0. The van der Waals surface area contributed by atoms with Crippen molar-refractivity contribution in [1.29, 1.82) is 0 Å². The van der Waals surface area contributed by atoms with Gasteiger partial charge in [0.2, 0.25) is 0 Å². The summed E-state index contributed by atoms with van der Waals surface area (Å²) in [7, 11) is 0. The summed E-state index contributed by atoms with van der Waals surface area (Å²) in [6.07, 6.45) is 0.384. The number of hydrogen-bond acceptors (Lipinski definition) is 1. The van der Waals surface area contributed by atoms with Crippen molar-refractivity contribution in [3.8, 4) is 0 Å². The Morgan fingerprint density at radius 2 is 1.67 bits per heavy atom. The second-order valence-corrected chi connectivity index (χ2v) is 1.63. The summed E-state index contributed by atoms with van der Waals surface area (Å²) in [4.78, 5) is 0. The van der Waals surface area contributed by atoms with Gasteiger partial charge in [0.15, 0.2) is 0 Å². The summed E-state index contributed by atoms with van der Waals surface area (Å²) in [6.45, 7) is 4.00. The molecule has 0 bridgehead atoms. The number of hydrogen-bond donors (Lipinski definition) is 0. The van der Waals surface area contributed by atoms with Gasteiger partial charge in [-0.15, -0.1) is 0 Å². The van der Waals surface area contributed by atoms with Gasteiger partial charge in [-0.1, -0.05) is 0 Å². The molecule has 0 N–H and O–H groups in total. The van der Waals surface area contributed by atoms with Crippen LogP contribution in [-0.4, -0.2) is 6.10 Å². The molecule has 0 rings (SSSR count). The molecule has 43 valence electrons. The molecule has 0 atom stereocenters. The third-order valence-corrected chi connectivity index (χ3v) is 1.17. The third kappa shape index (κ3) is 9.73. The normalized spacial score (nSPS) is 8.17. The maximum atomic E-state index is 4.75. The third-order valence-electron chi connectivity index (χ3n) is 0.157. The fourth-order valence-electron chi connectivity index (χ4n) is 0. The van der Waals surface area contributed by atoms with Crippen LogP contribution in [0.2, 0.25) is 0 Å². The maximum Gasteiger partial charge on any atom is 0 e. The van der Waals surface area contributed by atoms with Gasteiger partial charge in [0, 0.05) is 38.6 Å². The second kappa shape index (κ2) is 7.53. The molecule has 0 aromatic heterocycles. The Labute approximate surface area is 95.0 Å². The topological polar surface area (TPSA) is 9.23 Å². The Balaban J connectivity index is 0. The molecule has 0 aliphatic rings. The number of rotatable bonds is 1.